The zero-order valence-electron chi connectivity index (χ0n) is 13.7. The summed E-state index contributed by atoms with van der Waals surface area (Å²) in [5, 5.41) is 2.96. The number of anilines is 1. The number of nitrogens with zero attached hydrogens (tertiary/aromatic N) is 1. The Balaban J connectivity index is 1.69. The molecule has 2 aromatic rings. The molecular formula is C19H23N3O2. The first-order valence-electron chi connectivity index (χ1n) is 8.36. The molecule has 3 rings (SSSR count). The normalized spacial score (nSPS) is 17.9. The maximum absolute atomic E-state index is 12.6. The number of carbonyl (C=O) groups is 1. The van der Waals surface area contributed by atoms with Crippen LogP contribution in [0.2, 0.25) is 0 Å². The van der Waals surface area contributed by atoms with Crippen LogP contribution in [0, 0.1) is 0 Å². The number of amides is 2. The molecule has 0 radical (unpaired) electrons. The molecule has 1 aliphatic rings. The van der Waals surface area contributed by atoms with Crippen LogP contribution in [0.25, 0.3) is 0 Å². The zero-order valence-corrected chi connectivity index (χ0v) is 13.7. The highest BCUT2D eigenvalue weighted by Gasteiger charge is 2.19. The van der Waals surface area contributed by atoms with Gasteiger partial charge in [-0.05, 0) is 43.5 Å². The average molecular weight is 325 g/mol. The fraction of sp³-hybridized carbons (Fsp3) is 0.316. The minimum absolute atomic E-state index is 0.104. The highest BCUT2D eigenvalue weighted by atomic mass is 16.5. The number of ether oxygens (including phenoxy) is 1. The first kappa shape index (κ1) is 16.3. The Labute approximate surface area is 142 Å². The van der Waals surface area contributed by atoms with Gasteiger partial charge in [0.25, 0.3) is 0 Å². The highest BCUT2D eigenvalue weighted by molar-refractivity contribution is 5.91. The number of likely N-dealkylation sites (tertiary alicyclic amines) is 1. The number of carbonyl (C=O) groups excluding carboxylic acids is 1. The van der Waals surface area contributed by atoms with Gasteiger partial charge in [-0.2, -0.15) is 0 Å². The minimum Gasteiger partial charge on any atom is -0.455 e. The van der Waals surface area contributed by atoms with Crippen molar-refractivity contribution in [1.29, 1.82) is 0 Å². The van der Waals surface area contributed by atoms with Gasteiger partial charge in [-0.1, -0.05) is 30.3 Å². The van der Waals surface area contributed by atoms with E-state index in [0.29, 0.717) is 18.0 Å². The summed E-state index contributed by atoms with van der Waals surface area (Å²) in [5.41, 5.74) is 6.65. The molecule has 24 heavy (non-hydrogen) atoms. The Morgan fingerprint density at radius 3 is 2.62 bits per heavy atom. The lowest BCUT2D eigenvalue weighted by molar-refractivity contribution is 0.213. The Kier molecular flexibility index (Phi) is 5.33. The molecule has 1 atom stereocenters. The standard InChI is InChI=1S/C19H23N3O2/c20-15-7-6-13-22(14-12-15)19(23)21-17-10-4-5-11-18(17)24-16-8-2-1-3-9-16/h1-5,8-11,15H,6-7,12-14,20H2,(H,21,23)/t15-/m0/s1. The lowest BCUT2D eigenvalue weighted by Gasteiger charge is -2.22. The second kappa shape index (κ2) is 7.84. The fourth-order valence-corrected chi connectivity index (χ4v) is 2.79. The van der Waals surface area contributed by atoms with Crippen LogP contribution in [0.3, 0.4) is 0 Å². The molecule has 1 heterocycles. The van der Waals surface area contributed by atoms with Gasteiger partial charge in [-0.15, -0.1) is 0 Å². The molecule has 0 spiro atoms. The molecule has 5 heteroatoms. The second-order valence-electron chi connectivity index (χ2n) is 6.02. The van der Waals surface area contributed by atoms with E-state index in [0.717, 1.165) is 31.6 Å². The largest absolute Gasteiger partial charge is 0.455 e. The summed E-state index contributed by atoms with van der Waals surface area (Å²) in [5.74, 6) is 1.36. The second-order valence-corrected chi connectivity index (χ2v) is 6.02. The molecule has 126 valence electrons. The van der Waals surface area contributed by atoms with Crippen molar-refractivity contribution in [3.8, 4) is 11.5 Å². The van der Waals surface area contributed by atoms with Crippen LogP contribution in [-0.4, -0.2) is 30.1 Å². The Bertz CT molecular complexity index is 675. The average Bonchev–Trinajstić information content (AvgIpc) is 2.82. The molecule has 0 bridgehead atoms. The summed E-state index contributed by atoms with van der Waals surface area (Å²) >= 11 is 0. The van der Waals surface area contributed by atoms with E-state index in [-0.39, 0.29) is 12.1 Å². The van der Waals surface area contributed by atoms with Crippen molar-refractivity contribution in [2.45, 2.75) is 25.3 Å². The first-order chi connectivity index (χ1) is 11.7. The smallest absolute Gasteiger partial charge is 0.321 e. The number of nitrogens with one attached hydrogen (secondary N) is 1. The van der Waals surface area contributed by atoms with Gasteiger partial charge in [0.15, 0.2) is 5.75 Å². The van der Waals surface area contributed by atoms with Gasteiger partial charge in [-0.25, -0.2) is 4.79 Å². The van der Waals surface area contributed by atoms with Crippen LogP contribution in [0.1, 0.15) is 19.3 Å². The van der Waals surface area contributed by atoms with E-state index in [2.05, 4.69) is 5.32 Å². The number of hydrogen-bond acceptors (Lipinski definition) is 3. The maximum atomic E-state index is 12.6. The molecule has 2 amide bonds. The van der Waals surface area contributed by atoms with Crippen LogP contribution in [0.4, 0.5) is 10.5 Å². The third-order valence-electron chi connectivity index (χ3n) is 4.16. The van der Waals surface area contributed by atoms with Crippen LogP contribution >= 0.6 is 0 Å². The Morgan fingerprint density at radius 1 is 1.04 bits per heavy atom. The summed E-state index contributed by atoms with van der Waals surface area (Å²) in [6.45, 7) is 1.43. The van der Waals surface area contributed by atoms with Gasteiger partial charge < -0.3 is 20.7 Å². The van der Waals surface area contributed by atoms with E-state index in [1.54, 1.807) is 0 Å². The molecule has 1 saturated heterocycles. The number of rotatable bonds is 3. The van der Waals surface area contributed by atoms with Crippen LogP contribution < -0.4 is 15.8 Å². The zero-order chi connectivity index (χ0) is 16.8. The summed E-state index contributed by atoms with van der Waals surface area (Å²) < 4.78 is 5.89. The highest BCUT2D eigenvalue weighted by Crippen LogP contribution is 2.29. The molecule has 2 aromatic carbocycles. The van der Waals surface area contributed by atoms with Crippen LogP contribution in [0.5, 0.6) is 11.5 Å². The predicted octanol–water partition coefficient (Wildman–Crippen LogP) is 3.82. The van der Waals surface area contributed by atoms with Gasteiger partial charge in [0.1, 0.15) is 5.75 Å². The van der Waals surface area contributed by atoms with Gasteiger partial charge in [0.2, 0.25) is 0 Å². The molecule has 3 N–H and O–H groups in total. The van der Waals surface area contributed by atoms with E-state index in [1.165, 1.54) is 0 Å². The molecule has 0 aliphatic carbocycles. The van der Waals surface area contributed by atoms with Gasteiger partial charge in [-0.3, -0.25) is 0 Å². The quantitative estimate of drug-likeness (QED) is 0.901. The molecule has 1 aliphatic heterocycles. The SMILES string of the molecule is N[C@H]1CCCN(C(=O)Nc2ccccc2Oc2ccccc2)CC1. The predicted molar refractivity (Wildman–Crippen MR) is 95.4 cm³/mol. The van der Waals surface area contributed by atoms with Crippen molar-refractivity contribution < 1.29 is 9.53 Å². The lowest BCUT2D eigenvalue weighted by Crippen LogP contribution is -2.36. The molecule has 5 nitrogen and oxygen atoms in total. The van der Waals surface area contributed by atoms with E-state index >= 15 is 0 Å². The molecule has 0 saturated carbocycles. The Hall–Kier alpha value is -2.53. The van der Waals surface area contributed by atoms with Crippen molar-refractivity contribution in [2.24, 2.45) is 5.73 Å². The number of urea groups is 1. The first-order valence-corrected chi connectivity index (χ1v) is 8.36. The third-order valence-corrected chi connectivity index (χ3v) is 4.16. The molecular weight excluding hydrogens is 302 g/mol. The van der Waals surface area contributed by atoms with Crippen molar-refractivity contribution in [3.63, 3.8) is 0 Å². The van der Waals surface area contributed by atoms with Crippen LogP contribution in [-0.2, 0) is 0 Å². The van der Waals surface area contributed by atoms with Crippen molar-refractivity contribution in [2.75, 3.05) is 18.4 Å². The van der Waals surface area contributed by atoms with Crippen molar-refractivity contribution in [3.05, 3.63) is 54.6 Å². The van der Waals surface area contributed by atoms with Gasteiger partial charge >= 0.3 is 6.03 Å². The molecule has 1 fully saturated rings. The fourth-order valence-electron chi connectivity index (χ4n) is 2.79. The Morgan fingerprint density at radius 2 is 1.79 bits per heavy atom. The van der Waals surface area contributed by atoms with Crippen molar-refractivity contribution >= 4 is 11.7 Å². The van der Waals surface area contributed by atoms with E-state index in [4.69, 9.17) is 10.5 Å². The number of para-hydroxylation sites is 3. The summed E-state index contributed by atoms with van der Waals surface area (Å²) in [4.78, 5) is 14.4. The number of benzene rings is 2. The van der Waals surface area contributed by atoms with Crippen molar-refractivity contribution in [1.82, 2.24) is 4.90 Å². The molecule has 0 unspecified atom stereocenters. The van der Waals surface area contributed by atoms with E-state index in [1.807, 2.05) is 59.5 Å². The number of hydrogen-bond donors (Lipinski definition) is 2. The monoisotopic (exact) mass is 325 g/mol. The number of nitrogens with two attached hydrogens (primary N) is 1. The van der Waals surface area contributed by atoms with E-state index < -0.39 is 0 Å². The maximum Gasteiger partial charge on any atom is 0.321 e. The van der Waals surface area contributed by atoms with Gasteiger partial charge in [0, 0.05) is 19.1 Å². The van der Waals surface area contributed by atoms with Crippen LogP contribution in [0.15, 0.2) is 54.6 Å². The summed E-state index contributed by atoms with van der Waals surface area (Å²) in [7, 11) is 0. The third kappa shape index (κ3) is 4.26. The van der Waals surface area contributed by atoms with Gasteiger partial charge in [0.05, 0.1) is 5.69 Å². The topological polar surface area (TPSA) is 67.6 Å². The molecule has 0 aromatic heterocycles. The summed E-state index contributed by atoms with van der Waals surface area (Å²) in [6.07, 6.45) is 2.75. The minimum atomic E-state index is -0.104. The van der Waals surface area contributed by atoms with E-state index in [9.17, 15) is 4.79 Å². The summed E-state index contributed by atoms with van der Waals surface area (Å²) in [6, 6.07) is 17.1. The lowest BCUT2D eigenvalue weighted by atomic mass is 10.1.